The van der Waals surface area contributed by atoms with Gasteiger partial charge in [0.15, 0.2) is 0 Å². The molecule has 2 spiro atoms. The molecule has 2 aromatic heterocycles. The van der Waals surface area contributed by atoms with E-state index >= 15 is 0 Å². The van der Waals surface area contributed by atoms with Crippen LogP contribution in [0.5, 0.6) is 0 Å². The van der Waals surface area contributed by atoms with Gasteiger partial charge in [-0.05, 0) is 43.2 Å². The summed E-state index contributed by atoms with van der Waals surface area (Å²) in [6.45, 7) is 8.21. The molecule has 5 rings (SSSR count). The molecule has 4 heterocycles. The Labute approximate surface area is 178 Å². The average Bonchev–Trinajstić information content (AvgIpc) is 3.29. The largest absolute Gasteiger partial charge is 0.493 e. The number of amides is 1. The first-order valence-corrected chi connectivity index (χ1v) is 11.5. The second-order valence-corrected chi connectivity index (χ2v) is 10.0. The van der Waals surface area contributed by atoms with E-state index < -0.39 is 12.7 Å². The first-order chi connectivity index (χ1) is 14.4. The normalized spacial score (nSPS) is 23.6. The lowest BCUT2D eigenvalue weighted by molar-refractivity contribution is -0.155. The highest BCUT2D eigenvalue weighted by atomic mass is 16.5. The monoisotopic (exact) mass is 409 g/mol. The molecule has 2 unspecified atom stereocenters. The van der Waals surface area contributed by atoms with Crippen LogP contribution in [0.3, 0.4) is 0 Å². The Morgan fingerprint density at radius 1 is 1.33 bits per heavy atom. The van der Waals surface area contributed by atoms with Crippen molar-refractivity contribution < 1.29 is 14.5 Å². The van der Waals surface area contributed by atoms with Crippen LogP contribution >= 0.6 is 0 Å². The van der Waals surface area contributed by atoms with Crippen molar-refractivity contribution in [2.24, 2.45) is 17.3 Å². The first-order valence-electron chi connectivity index (χ1n) is 11.5. The molecule has 1 saturated carbocycles. The number of likely N-dealkylation sites (tertiary alicyclic amines) is 1. The maximum Gasteiger partial charge on any atom is 0.493 e. The molecular weight excluding hydrogens is 377 g/mol. The van der Waals surface area contributed by atoms with Gasteiger partial charge in [0.25, 0.3) is 0 Å². The van der Waals surface area contributed by atoms with Crippen molar-refractivity contribution in [2.75, 3.05) is 13.1 Å². The van der Waals surface area contributed by atoms with Crippen LogP contribution in [0.2, 0.25) is 0 Å². The fourth-order valence-corrected chi connectivity index (χ4v) is 6.08. The number of hydrogen-bond donors (Lipinski definition) is 2. The fraction of sp³-hybridized carbons (Fsp3) is 0.652. The molecule has 0 bridgehead atoms. The van der Waals surface area contributed by atoms with E-state index in [9.17, 15) is 9.82 Å². The fourth-order valence-electron chi connectivity index (χ4n) is 6.08. The molecule has 2 aromatic rings. The van der Waals surface area contributed by atoms with Crippen LogP contribution in [0.15, 0.2) is 18.5 Å². The molecule has 0 radical (unpaired) electrons. The number of H-pyrrole nitrogens is 1. The van der Waals surface area contributed by atoms with E-state index in [4.69, 9.17) is 4.65 Å². The van der Waals surface area contributed by atoms with E-state index in [1.807, 2.05) is 12.3 Å². The zero-order valence-electron chi connectivity index (χ0n) is 18.3. The van der Waals surface area contributed by atoms with E-state index in [0.717, 1.165) is 73.7 Å². The molecule has 6 nitrogen and oxygen atoms in total. The number of pyridine rings is 1. The molecule has 160 valence electrons. The molecular formula is C23H32BN3O3. The summed E-state index contributed by atoms with van der Waals surface area (Å²) in [5.41, 5.74) is 2.56. The van der Waals surface area contributed by atoms with Gasteiger partial charge in [0.1, 0.15) is 5.65 Å². The number of carbonyl (C=O) groups is 1. The molecule has 0 aromatic carbocycles. The third kappa shape index (κ3) is 2.93. The van der Waals surface area contributed by atoms with Gasteiger partial charge in [0.05, 0.1) is 5.60 Å². The first kappa shape index (κ1) is 20.1. The van der Waals surface area contributed by atoms with Gasteiger partial charge >= 0.3 is 7.12 Å². The maximum atomic E-state index is 12.9. The third-order valence-corrected chi connectivity index (χ3v) is 8.14. The van der Waals surface area contributed by atoms with E-state index in [-0.39, 0.29) is 11.3 Å². The lowest BCUT2D eigenvalue weighted by atomic mass is 9.62. The van der Waals surface area contributed by atoms with Gasteiger partial charge in [-0.2, -0.15) is 0 Å². The van der Waals surface area contributed by atoms with Crippen LogP contribution in [0.25, 0.3) is 11.0 Å². The number of fused-ring (bicyclic) bond motifs is 4. The number of nitrogens with zero attached hydrogens (tertiary/aromatic N) is 2. The van der Waals surface area contributed by atoms with Crippen molar-refractivity contribution in [2.45, 2.75) is 64.9 Å². The summed E-state index contributed by atoms with van der Waals surface area (Å²) in [5.74, 6) is 0.863. The predicted octanol–water partition coefficient (Wildman–Crippen LogP) is 2.95. The van der Waals surface area contributed by atoms with Crippen LogP contribution in [0, 0.1) is 17.3 Å². The standard InChI is InChI=1S/C23H32BN3O3/c1-4-5-15(2)16(3)21(28)27-13-22(14-27)7-9-23(10-8-22)19-17-6-11-25-20(17)26-12-18(19)24(29)30-23/h6,11-12,15-16,29H,4-5,7-10,13-14H2,1-3H3,(H,25,26). The average molecular weight is 409 g/mol. The Kier molecular flexibility index (Phi) is 4.75. The Balaban J connectivity index is 1.29. The summed E-state index contributed by atoms with van der Waals surface area (Å²) < 4.78 is 6.19. The van der Waals surface area contributed by atoms with Crippen LogP contribution in [0.4, 0.5) is 0 Å². The van der Waals surface area contributed by atoms with Crippen molar-refractivity contribution in [3.8, 4) is 0 Å². The van der Waals surface area contributed by atoms with Crippen molar-refractivity contribution >= 4 is 29.5 Å². The quantitative estimate of drug-likeness (QED) is 0.762. The van der Waals surface area contributed by atoms with Gasteiger partial charge in [-0.25, -0.2) is 4.98 Å². The molecule has 2 fully saturated rings. The SMILES string of the molecule is CCCC(C)C(C)C(=O)N1CC2(CCC3(CC2)OB(O)c2cnc4[nH]ccc4c23)C1. The maximum absolute atomic E-state index is 12.9. The Morgan fingerprint density at radius 2 is 2.07 bits per heavy atom. The zero-order chi connectivity index (χ0) is 21.1. The minimum atomic E-state index is -0.902. The topological polar surface area (TPSA) is 78.5 Å². The summed E-state index contributed by atoms with van der Waals surface area (Å²) in [7, 11) is -0.902. The second-order valence-electron chi connectivity index (χ2n) is 10.0. The van der Waals surface area contributed by atoms with Crippen LogP contribution in [0.1, 0.15) is 64.9 Å². The summed E-state index contributed by atoms with van der Waals surface area (Å²) in [5, 5.41) is 11.6. The minimum Gasteiger partial charge on any atom is -0.423 e. The highest BCUT2D eigenvalue weighted by Crippen LogP contribution is 2.54. The summed E-state index contributed by atoms with van der Waals surface area (Å²) in [6.07, 6.45) is 9.69. The van der Waals surface area contributed by atoms with Gasteiger partial charge in [-0.15, -0.1) is 0 Å². The number of hydrogen-bond acceptors (Lipinski definition) is 4. The Morgan fingerprint density at radius 3 is 2.77 bits per heavy atom. The third-order valence-electron chi connectivity index (χ3n) is 8.14. The lowest BCUT2D eigenvalue weighted by Crippen LogP contribution is -2.61. The highest BCUT2D eigenvalue weighted by Gasteiger charge is 2.56. The minimum absolute atomic E-state index is 0.104. The van der Waals surface area contributed by atoms with Crippen molar-refractivity contribution in [3.63, 3.8) is 0 Å². The Hall–Kier alpha value is -1.86. The van der Waals surface area contributed by atoms with E-state index in [0.29, 0.717) is 11.8 Å². The number of aromatic amines is 1. The van der Waals surface area contributed by atoms with Crippen LogP contribution in [-0.4, -0.2) is 46.0 Å². The molecule has 2 N–H and O–H groups in total. The highest BCUT2D eigenvalue weighted by molar-refractivity contribution is 6.62. The molecule has 1 saturated heterocycles. The Bertz CT molecular complexity index is 958. The lowest BCUT2D eigenvalue weighted by Gasteiger charge is -2.56. The van der Waals surface area contributed by atoms with E-state index in [2.05, 4.69) is 35.6 Å². The summed E-state index contributed by atoms with van der Waals surface area (Å²) in [6, 6.07) is 2.04. The molecule has 30 heavy (non-hydrogen) atoms. The molecule has 2 atom stereocenters. The van der Waals surface area contributed by atoms with Crippen molar-refractivity contribution in [1.29, 1.82) is 0 Å². The van der Waals surface area contributed by atoms with Crippen molar-refractivity contribution in [1.82, 2.24) is 14.9 Å². The van der Waals surface area contributed by atoms with Crippen LogP contribution in [-0.2, 0) is 15.0 Å². The van der Waals surface area contributed by atoms with Gasteiger partial charge in [-0.3, -0.25) is 4.79 Å². The molecule has 3 aliphatic rings. The van der Waals surface area contributed by atoms with Gasteiger partial charge in [0.2, 0.25) is 5.91 Å². The predicted molar refractivity (Wildman–Crippen MR) is 117 cm³/mol. The number of rotatable bonds is 4. The van der Waals surface area contributed by atoms with Crippen molar-refractivity contribution in [3.05, 3.63) is 24.0 Å². The number of carbonyl (C=O) groups excluding carboxylic acids is 1. The van der Waals surface area contributed by atoms with Gasteiger partial charge < -0.3 is 19.6 Å². The summed E-state index contributed by atoms with van der Waals surface area (Å²) in [4.78, 5) is 22.6. The van der Waals surface area contributed by atoms with Crippen LogP contribution < -0.4 is 5.46 Å². The molecule has 2 aliphatic heterocycles. The molecule has 1 amide bonds. The zero-order valence-corrected chi connectivity index (χ0v) is 18.3. The van der Waals surface area contributed by atoms with Gasteiger partial charge in [-0.1, -0.05) is 33.6 Å². The summed E-state index contributed by atoms with van der Waals surface area (Å²) >= 11 is 0. The van der Waals surface area contributed by atoms with E-state index in [1.165, 1.54) is 0 Å². The van der Waals surface area contributed by atoms with Gasteiger partial charge in [0, 0.05) is 47.7 Å². The smallest absolute Gasteiger partial charge is 0.423 e. The molecule has 7 heteroatoms. The second kappa shape index (κ2) is 7.09. The molecule has 1 aliphatic carbocycles. The van der Waals surface area contributed by atoms with E-state index in [1.54, 1.807) is 6.20 Å². The number of aromatic nitrogens is 2. The number of nitrogens with one attached hydrogen (secondary N) is 1.